The molecule has 0 aliphatic carbocycles. The third kappa shape index (κ3) is 3.96. The Morgan fingerprint density at radius 1 is 1.32 bits per heavy atom. The number of hydrogen-bond donors (Lipinski definition) is 1. The van der Waals surface area contributed by atoms with Crippen LogP contribution >= 0.6 is 20.2 Å². The average molecular weight is 348 g/mol. The topological polar surface area (TPSA) is 59.1 Å². The smallest absolute Gasteiger partial charge is 0.352 e. The highest BCUT2D eigenvalue weighted by Crippen LogP contribution is 2.57. The number of thiol groups is 1. The second kappa shape index (κ2) is 8.20. The summed E-state index contributed by atoms with van der Waals surface area (Å²) in [6, 6.07) is 0. The quantitative estimate of drug-likeness (QED) is 0.564. The summed E-state index contributed by atoms with van der Waals surface area (Å²) in [5, 5.41) is 0.454. The zero-order valence-corrected chi connectivity index (χ0v) is 15.6. The van der Waals surface area contributed by atoms with Crippen LogP contribution in [0, 0.1) is 0 Å². The summed E-state index contributed by atoms with van der Waals surface area (Å²) in [5.41, 5.74) is 0.158. The van der Waals surface area contributed by atoms with Crippen molar-refractivity contribution >= 4 is 26.1 Å². The Labute approximate surface area is 138 Å². The Morgan fingerprint density at radius 2 is 1.86 bits per heavy atom. The fraction of sp³-hybridized carbons (Fsp3) is 0.643. The van der Waals surface area contributed by atoms with Crippen molar-refractivity contribution in [2.24, 2.45) is 0 Å². The summed E-state index contributed by atoms with van der Waals surface area (Å²) in [4.78, 5) is 15.6. The molecule has 1 amide bonds. The Morgan fingerprint density at radius 3 is 2.32 bits per heavy atom. The van der Waals surface area contributed by atoms with Crippen LogP contribution in [0.3, 0.4) is 0 Å². The Balaban J connectivity index is 3.34. The highest BCUT2D eigenvalue weighted by molar-refractivity contribution is 7.80. The van der Waals surface area contributed by atoms with E-state index in [2.05, 4.69) is 12.6 Å². The first-order chi connectivity index (χ1) is 10.3. The number of rotatable bonds is 7. The van der Waals surface area contributed by atoms with E-state index < -0.39 is 13.1 Å². The van der Waals surface area contributed by atoms with Gasteiger partial charge in [0.2, 0.25) is 0 Å². The zero-order chi connectivity index (χ0) is 16.9. The van der Waals surface area contributed by atoms with Gasteiger partial charge in [-0.05, 0) is 27.2 Å². The van der Waals surface area contributed by atoms with Crippen LogP contribution in [0.25, 0.3) is 0 Å². The minimum atomic E-state index is -3.41. The number of amides is 1. The second-order valence-corrected chi connectivity index (χ2v) is 7.40. The first-order valence-corrected chi connectivity index (χ1v) is 9.39. The van der Waals surface area contributed by atoms with Crippen molar-refractivity contribution in [3.8, 4) is 0 Å². The van der Waals surface area contributed by atoms with Crippen molar-refractivity contribution in [1.82, 2.24) is 9.80 Å². The van der Waals surface area contributed by atoms with Crippen LogP contribution in [-0.2, 0) is 18.4 Å². The van der Waals surface area contributed by atoms with Crippen LogP contribution in [-0.4, -0.2) is 41.5 Å². The van der Waals surface area contributed by atoms with Crippen molar-refractivity contribution in [3.05, 3.63) is 23.3 Å². The molecule has 0 aromatic carbocycles. The summed E-state index contributed by atoms with van der Waals surface area (Å²) >= 11 is 4.47. The maximum Gasteiger partial charge on any atom is 0.358 e. The van der Waals surface area contributed by atoms with Gasteiger partial charge in [0.05, 0.1) is 18.5 Å². The summed E-state index contributed by atoms with van der Waals surface area (Å²) < 4.78 is 23.7. The number of carbonyl (C=O) groups excluding carboxylic acids is 1. The lowest BCUT2D eigenvalue weighted by Crippen LogP contribution is -2.46. The first-order valence-electron chi connectivity index (χ1n) is 7.33. The highest BCUT2D eigenvalue weighted by atomic mass is 32.1. The van der Waals surface area contributed by atoms with Crippen LogP contribution in [0.5, 0.6) is 0 Å². The van der Waals surface area contributed by atoms with Crippen molar-refractivity contribution in [3.63, 3.8) is 0 Å². The average Bonchev–Trinajstić information content (AvgIpc) is 2.47. The minimum absolute atomic E-state index is 0.200. The maximum absolute atomic E-state index is 13.0. The standard InChI is InChI=1S/C14H25N2O4PS/c1-6-12(11(4)21(18,19-7-2)20-8-3)16-13(17)9-10-15(5)14(16)22/h9-10,14,22H,6-8H2,1-5H3/b12-11-. The molecule has 0 spiro atoms. The SMILES string of the molecule is CCOP(=O)(OCC)/C(C)=C(/CC)N1C(=O)C=CN(C)C1S. The van der Waals surface area contributed by atoms with E-state index in [4.69, 9.17) is 9.05 Å². The Bertz CT molecular complexity index is 511. The number of allylic oxidation sites excluding steroid dienone is 2. The molecule has 1 atom stereocenters. The molecule has 1 aliphatic rings. The van der Waals surface area contributed by atoms with Gasteiger partial charge >= 0.3 is 7.60 Å². The second-order valence-electron chi connectivity index (χ2n) is 4.75. The molecule has 0 fully saturated rings. The van der Waals surface area contributed by atoms with E-state index >= 15 is 0 Å². The van der Waals surface area contributed by atoms with Gasteiger partial charge in [-0.15, -0.1) is 12.6 Å². The van der Waals surface area contributed by atoms with Crippen molar-refractivity contribution in [2.45, 2.75) is 39.6 Å². The van der Waals surface area contributed by atoms with Crippen molar-refractivity contribution in [1.29, 1.82) is 0 Å². The third-order valence-electron chi connectivity index (χ3n) is 3.34. The van der Waals surface area contributed by atoms with E-state index in [0.29, 0.717) is 17.4 Å². The summed E-state index contributed by atoms with van der Waals surface area (Å²) in [6.07, 6.45) is 3.65. The molecule has 22 heavy (non-hydrogen) atoms. The molecule has 1 aliphatic heterocycles. The lowest BCUT2D eigenvalue weighted by molar-refractivity contribution is -0.127. The van der Waals surface area contributed by atoms with Gasteiger partial charge in [0.1, 0.15) is 0 Å². The summed E-state index contributed by atoms with van der Waals surface area (Å²) in [7, 11) is -1.59. The van der Waals surface area contributed by atoms with Gasteiger partial charge < -0.3 is 13.9 Å². The van der Waals surface area contributed by atoms with Gasteiger partial charge in [-0.1, -0.05) is 6.92 Å². The normalized spacial score (nSPS) is 20.5. The highest BCUT2D eigenvalue weighted by Gasteiger charge is 2.35. The maximum atomic E-state index is 13.0. The summed E-state index contributed by atoms with van der Waals surface area (Å²) in [5.74, 6) is -0.200. The third-order valence-corrected chi connectivity index (χ3v) is 6.21. The molecule has 0 N–H and O–H groups in total. The number of hydrogen-bond acceptors (Lipinski definition) is 6. The molecule has 0 saturated carbocycles. The molecule has 6 nitrogen and oxygen atoms in total. The molecule has 8 heteroatoms. The molecule has 0 aromatic heterocycles. The van der Waals surface area contributed by atoms with E-state index in [1.54, 1.807) is 31.9 Å². The van der Waals surface area contributed by atoms with Crippen molar-refractivity contribution < 1.29 is 18.4 Å². The molecule has 0 saturated heterocycles. The molecule has 0 bridgehead atoms. The molecule has 0 radical (unpaired) electrons. The lowest BCUT2D eigenvalue weighted by atomic mass is 10.2. The van der Waals surface area contributed by atoms with Gasteiger partial charge in [0.25, 0.3) is 5.91 Å². The summed E-state index contributed by atoms with van der Waals surface area (Å²) in [6.45, 7) is 7.64. The molecule has 1 unspecified atom stereocenters. The van der Waals surface area contributed by atoms with E-state index in [1.165, 1.54) is 11.0 Å². The van der Waals surface area contributed by atoms with Crippen LogP contribution in [0.2, 0.25) is 0 Å². The predicted molar refractivity (Wildman–Crippen MR) is 90.4 cm³/mol. The zero-order valence-electron chi connectivity index (χ0n) is 13.8. The molecular weight excluding hydrogens is 323 g/mol. The fourth-order valence-corrected chi connectivity index (χ4v) is 4.29. The number of nitrogens with zero attached hydrogens (tertiary/aromatic N) is 2. The van der Waals surface area contributed by atoms with Crippen LogP contribution in [0.4, 0.5) is 0 Å². The van der Waals surface area contributed by atoms with Crippen LogP contribution in [0.15, 0.2) is 23.3 Å². The van der Waals surface area contributed by atoms with Gasteiger partial charge in [0, 0.05) is 25.0 Å². The van der Waals surface area contributed by atoms with Gasteiger partial charge in [-0.2, -0.15) is 0 Å². The van der Waals surface area contributed by atoms with Crippen molar-refractivity contribution in [2.75, 3.05) is 20.3 Å². The molecule has 1 heterocycles. The van der Waals surface area contributed by atoms with Crippen LogP contribution < -0.4 is 0 Å². The van der Waals surface area contributed by atoms with Gasteiger partial charge in [0.15, 0.2) is 5.50 Å². The fourth-order valence-electron chi connectivity index (χ4n) is 2.24. The monoisotopic (exact) mass is 348 g/mol. The molecule has 126 valence electrons. The number of carbonyl (C=O) groups is 1. The first kappa shape index (κ1) is 19.3. The van der Waals surface area contributed by atoms with E-state index in [9.17, 15) is 9.36 Å². The largest absolute Gasteiger partial charge is 0.358 e. The minimum Gasteiger partial charge on any atom is -0.352 e. The molecular formula is C14H25N2O4PS. The lowest BCUT2D eigenvalue weighted by Gasteiger charge is -2.38. The Kier molecular flexibility index (Phi) is 7.19. The van der Waals surface area contributed by atoms with Gasteiger partial charge in [-0.25, -0.2) is 0 Å². The molecule has 1 rings (SSSR count). The van der Waals surface area contributed by atoms with Crippen LogP contribution in [0.1, 0.15) is 34.1 Å². The molecule has 0 aromatic rings. The van der Waals surface area contributed by atoms with E-state index in [0.717, 1.165) is 0 Å². The predicted octanol–water partition coefficient (Wildman–Crippen LogP) is 3.40. The van der Waals surface area contributed by atoms with E-state index in [1.807, 2.05) is 14.0 Å². The Hall–Kier alpha value is -0.750. The van der Waals surface area contributed by atoms with Gasteiger partial charge in [-0.3, -0.25) is 14.3 Å². The van der Waals surface area contributed by atoms with E-state index in [-0.39, 0.29) is 19.1 Å².